The molecule has 26 heavy (non-hydrogen) atoms. The van der Waals surface area contributed by atoms with Gasteiger partial charge in [0.1, 0.15) is 0 Å². The number of benzene rings is 1. The van der Waals surface area contributed by atoms with Crippen molar-refractivity contribution >= 4 is 24.3 Å². The highest BCUT2D eigenvalue weighted by Crippen LogP contribution is 2.33. The van der Waals surface area contributed by atoms with Gasteiger partial charge in [-0.25, -0.2) is 0 Å². The standard InChI is InChI=1S/C23H35NO.ClH/c1-22(2,3)19-12-16(13-20(14-19)23(4,5)6)11-17-9-10-18(21(17)25)15-24(7)8;/h11-14,18H,9-10,15H2,1-8H3;1H/b17-11-;. The Morgan fingerprint density at radius 3 is 1.92 bits per heavy atom. The lowest BCUT2D eigenvalue weighted by Gasteiger charge is -2.26. The molecule has 1 aliphatic carbocycles. The Kier molecular flexibility index (Phi) is 7.29. The van der Waals surface area contributed by atoms with Crippen molar-refractivity contribution in [3.8, 4) is 0 Å². The quantitative estimate of drug-likeness (QED) is 0.636. The predicted molar refractivity (Wildman–Crippen MR) is 115 cm³/mol. The summed E-state index contributed by atoms with van der Waals surface area (Å²) in [6, 6.07) is 6.84. The molecular weight excluding hydrogens is 342 g/mol. The minimum atomic E-state index is 0. The van der Waals surface area contributed by atoms with Crippen LogP contribution in [0.5, 0.6) is 0 Å². The number of halogens is 1. The van der Waals surface area contributed by atoms with E-state index in [1.807, 2.05) is 14.1 Å². The number of rotatable bonds is 3. The molecule has 0 spiro atoms. The Morgan fingerprint density at radius 2 is 1.50 bits per heavy atom. The molecule has 3 heteroatoms. The van der Waals surface area contributed by atoms with E-state index < -0.39 is 0 Å². The van der Waals surface area contributed by atoms with Gasteiger partial charge < -0.3 is 4.90 Å². The number of carbonyl (C=O) groups is 1. The third-order valence-electron chi connectivity index (χ3n) is 5.06. The number of ketones is 1. The maximum Gasteiger partial charge on any atom is 0.163 e. The van der Waals surface area contributed by atoms with Gasteiger partial charge in [-0.1, -0.05) is 59.7 Å². The second-order valence-electron chi connectivity index (χ2n) is 9.88. The van der Waals surface area contributed by atoms with Crippen molar-refractivity contribution in [2.45, 2.75) is 65.2 Å². The zero-order valence-electron chi connectivity index (χ0n) is 17.8. The average Bonchev–Trinajstić information content (AvgIpc) is 2.77. The summed E-state index contributed by atoms with van der Waals surface area (Å²) in [5, 5.41) is 0. The predicted octanol–water partition coefficient (Wildman–Crippen LogP) is 5.63. The number of hydrogen-bond donors (Lipinski definition) is 0. The zero-order chi connectivity index (χ0) is 19.0. The van der Waals surface area contributed by atoms with E-state index in [1.54, 1.807) is 0 Å². The summed E-state index contributed by atoms with van der Waals surface area (Å²) in [6.45, 7) is 14.3. The van der Waals surface area contributed by atoms with Crippen LogP contribution >= 0.6 is 12.4 Å². The Balaban J connectivity index is 0.00000338. The van der Waals surface area contributed by atoms with Gasteiger partial charge in [-0.15, -0.1) is 12.4 Å². The van der Waals surface area contributed by atoms with Gasteiger partial charge in [0.2, 0.25) is 0 Å². The Bertz CT molecular complexity index is 642. The first-order chi connectivity index (χ1) is 11.4. The van der Waals surface area contributed by atoms with Crippen LogP contribution in [0.1, 0.15) is 71.1 Å². The van der Waals surface area contributed by atoms with Gasteiger partial charge in [0.05, 0.1) is 0 Å². The van der Waals surface area contributed by atoms with E-state index >= 15 is 0 Å². The Hall–Kier alpha value is -1.12. The fourth-order valence-corrected chi connectivity index (χ4v) is 3.41. The number of hydrogen-bond acceptors (Lipinski definition) is 2. The van der Waals surface area contributed by atoms with Gasteiger partial charge in [-0.05, 0) is 66.1 Å². The van der Waals surface area contributed by atoms with Gasteiger partial charge >= 0.3 is 0 Å². The second-order valence-corrected chi connectivity index (χ2v) is 9.88. The van der Waals surface area contributed by atoms with E-state index in [0.29, 0.717) is 5.78 Å². The van der Waals surface area contributed by atoms with Crippen molar-refractivity contribution in [1.29, 1.82) is 0 Å². The van der Waals surface area contributed by atoms with E-state index in [4.69, 9.17) is 0 Å². The summed E-state index contributed by atoms with van der Waals surface area (Å²) in [6.07, 6.45) is 4.03. The molecule has 0 bridgehead atoms. The third-order valence-corrected chi connectivity index (χ3v) is 5.06. The van der Waals surface area contributed by atoms with E-state index in [9.17, 15) is 4.79 Å². The van der Waals surface area contributed by atoms with Crippen molar-refractivity contribution < 1.29 is 4.79 Å². The van der Waals surface area contributed by atoms with Crippen LogP contribution < -0.4 is 0 Å². The lowest BCUT2D eigenvalue weighted by molar-refractivity contribution is -0.118. The average molecular weight is 378 g/mol. The van der Waals surface area contributed by atoms with Crippen LogP contribution in [0.4, 0.5) is 0 Å². The van der Waals surface area contributed by atoms with E-state index in [0.717, 1.165) is 25.0 Å². The molecule has 0 amide bonds. The molecule has 2 nitrogen and oxygen atoms in total. The van der Waals surface area contributed by atoms with Gasteiger partial charge in [0.15, 0.2) is 5.78 Å². The summed E-state index contributed by atoms with van der Waals surface area (Å²) in [4.78, 5) is 14.8. The summed E-state index contributed by atoms with van der Waals surface area (Å²) >= 11 is 0. The highest BCUT2D eigenvalue weighted by molar-refractivity contribution is 6.03. The van der Waals surface area contributed by atoms with Gasteiger partial charge in [-0.3, -0.25) is 4.79 Å². The fraction of sp³-hybridized carbons (Fsp3) is 0.609. The van der Waals surface area contributed by atoms with E-state index in [2.05, 4.69) is 70.7 Å². The van der Waals surface area contributed by atoms with Crippen molar-refractivity contribution in [3.63, 3.8) is 0 Å². The van der Waals surface area contributed by atoms with Crippen molar-refractivity contribution in [1.82, 2.24) is 4.90 Å². The van der Waals surface area contributed by atoms with Crippen LogP contribution in [0.15, 0.2) is 23.8 Å². The lowest BCUT2D eigenvalue weighted by Crippen LogP contribution is -2.24. The van der Waals surface area contributed by atoms with Crippen molar-refractivity contribution in [2.24, 2.45) is 5.92 Å². The number of nitrogens with zero attached hydrogens (tertiary/aromatic N) is 1. The summed E-state index contributed by atoms with van der Waals surface area (Å²) in [7, 11) is 4.08. The minimum Gasteiger partial charge on any atom is -0.309 e. The van der Waals surface area contributed by atoms with Crippen LogP contribution in [0.3, 0.4) is 0 Å². The molecule has 0 radical (unpaired) electrons. The van der Waals surface area contributed by atoms with Crippen LogP contribution in [0, 0.1) is 5.92 Å². The van der Waals surface area contributed by atoms with Crippen LogP contribution in [-0.4, -0.2) is 31.3 Å². The molecule has 0 saturated heterocycles. The molecule has 0 aromatic heterocycles. The molecule has 1 saturated carbocycles. The molecule has 1 atom stereocenters. The third kappa shape index (κ3) is 5.69. The molecule has 0 N–H and O–H groups in total. The molecule has 0 aliphatic heterocycles. The molecule has 1 unspecified atom stereocenters. The molecule has 1 aromatic carbocycles. The maximum atomic E-state index is 12.7. The first kappa shape index (κ1) is 22.9. The summed E-state index contributed by atoms with van der Waals surface area (Å²) in [5.41, 5.74) is 5.04. The molecule has 1 aliphatic rings. The number of carbonyl (C=O) groups excluding carboxylic acids is 1. The topological polar surface area (TPSA) is 20.3 Å². The summed E-state index contributed by atoms with van der Waals surface area (Å²) in [5.74, 6) is 0.501. The molecular formula is C23H36ClNO. The number of allylic oxidation sites excluding steroid dienone is 1. The second kappa shape index (κ2) is 8.27. The zero-order valence-corrected chi connectivity index (χ0v) is 18.6. The van der Waals surface area contributed by atoms with Gasteiger partial charge in [0, 0.05) is 12.5 Å². The molecule has 1 fully saturated rings. The first-order valence-corrected chi connectivity index (χ1v) is 9.43. The van der Waals surface area contributed by atoms with E-state index in [-0.39, 0.29) is 29.2 Å². The first-order valence-electron chi connectivity index (χ1n) is 9.43. The van der Waals surface area contributed by atoms with Gasteiger partial charge in [0.25, 0.3) is 0 Å². The van der Waals surface area contributed by atoms with Crippen molar-refractivity contribution in [3.05, 3.63) is 40.5 Å². The van der Waals surface area contributed by atoms with Crippen LogP contribution in [0.2, 0.25) is 0 Å². The SMILES string of the molecule is CN(C)CC1CC/C(=C/c2cc(C(C)(C)C)cc(C(C)(C)C)c2)C1=O.Cl. The van der Waals surface area contributed by atoms with Gasteiger partial charge in [-0.2, -0.15) is 0 Å². The molecule has 0 heterocycles. The maximum absolute atomic E-state index is 12.7. The molecule has 1 aromatic rings. The minimum absolute atomic E-state index is 0. The smallest absolute Gasteiger partial charge is 0.163 e. The lowest BCUT2D eigenvalue weighted by atomic mass is 9.79. The van der Waals surface area contributed by atoms with E-state index in [1.165, 1.54) is 16.7 Å². The van der Waals surface area contributed by atoms with Crippen LogP contribution in [-0.2, 0) is 15.6 Å². The normalized spacial score (nSPS) is 20.0. The monoisotopic (exact) mass is 377 g/mol. The highest BCUT2D eigenvalue weighted by atomic mass is 35.5. The summed E-state index contributed by atoms with van der Waals surface area (Å²) < 4.78 is 0. The largest absolute Gasteiger partial charge is 0.309 e. The Morgan fingerprint density at radius 1 is 1.00 bits per heavy atom. The fourth-order valence-electron chi connectivity index (χ4n) is 3.41. The Labute approximate surface area is 166 Å². The highest BCUT2D eigenvalue weighted by Gasteiger charge is 2.29. The van der Waals surface area contributed by atoms with Crippen LogP contribution in [0.25, 0.3) is 6.08 Å². The molecule has 146 valence electrons. The molecule has 2 rings (SSSR count). The number of Topliss-reactive ketones (excluding diaryl/α,β-unsaturated/α-hetero) is 1. The van der Waals surface area contributed by atoms with Crippen molar-refractivity contribution in [2.75, 3.05) is 20.6 Å².